The minimum Gasteiger partial charge on any atom is -0.496 e. The number of methoxy groups -OCH3 is 1. The highest BCUT2D eigenvalue weighted by Gasteiger charge is 2.16. The predicted molar refractivity (Wildman–Crippen MR) is 100 cm³/mol. The van der Waals surface area contributed by atoms with Gasteiger partial charge in [-0.25, -0.2) is 0 Å². The van der Waals surface area contributed by atoms with Crippen LogP contribution in [0, 0.1) is 0 Å². The summed E-state index contributed by atoms with van der Waals surface area (Å²) < 4.78 is 8.20. The first-order valence-corrected chi connectivity index (χ1v) is 9.63. The Kier molecular flexibility index (Phi) is 5.37. The van der Waals surface area contributed by atoms with Gasteiger partial charge in [-0.15, -0.1) is 21.5 Å². The molecule has 0 radical (unpaired) electrons. The first kappa shape index (κ1) is 17.2. The van der Waals surface area contributed by atoms with Crippen LogP contribution in [0.15, 0.2) is 45.3 Å². The topological polar surface area (TPSA) is 57.0 Å². The molecular formula is C16H14BrN3O2S2. The molecule has 0 fully saturated rings. The van der Waals surface area contributed by atoms with E-state index in [4.69, 9.17) is 4.74 Å². The van der Waals surface area contributed by atoms with Gasteiger partial charge in [0.25, 0.3) is 0 Å². The van der Waals surface area contributed by atoms with Crippen molar-refractivity contribution in [1.29, 1.82) is 0 Å². The molecule has 0 amide bonds. The first-order chi connectivity index (χ1) is 11.6. The van der Waals surface area contributed by atoms with Gasteiger partial charge >= 0.3 is 0 Å². The standard InChI is InChI=1S/C16H14BrN3O2S2/c1-20-15(10-5-3-4-6-12(10)22-2)18-19-16(20)23-9-11(21)13-7-8-14(17)24-13/h3-8H,9H2,1-2H3. The van der Waals surface area contributed by atoms with Crippen LogP contribution < -0.4 is 4.74 Å². The van der Waals surface area contributed by atoms with Crippen molar-refractivity contribution in [3.05, 3.63) is 45.1 Å². The van der Waals surface area contributed by atoms with Gasteiger partial charge < -0.3 is 9.30 Å². The largest absolute Gasteiger partial charge is 0.496 e. The molecule has 0 aliphatic rings. The average Bonchev–Trinajstić information content (AvgIpc) is 3.19. The number of nitrogens with zero attached hydrogens (tertiary/aromatic N) is 3. The second-order valence-electron chi connectivity index (χ2n) is 4.88. The van der Waals surface area contributed by atoms with Gasteiger partial charge in [-0.05, 0) is 40.2 Å². The number of rotatable bonds is 6. The van der Waals surface area contributed by atoms with E-state index in [1.54, 1.807) is 7.11 Å². The monoisotopic (exact) mass is 423 g/mol. The summed E-state index contributed by atoms with van der Waals surface area (Å²) in [5.74, 6) is 1.85. The summed E-state index contributed by atoms with van der Waals surface area (Å²) in [6.45, 7) is 0. The second-order valence-corrected chi connectivity index (χ2v) is 8.29. The molecule has 0 saturated carbocycles. The molecule has 8 heteroatoms. The van der Waals surface area contributed by atoms with Gasteiger partial charge in [-0.2, -0.15) is 0 Å². The van der Waals surface area contributed by atoms with Crippen molar-refractivity contribution in [1.82, 2.24) is 14.8 Å². The van der Waals surface area contributed by atoms with E-state index in [1.807, 2.05) is 48.0 Å². The third-order valence-corrected chi connectivity index (χ3v) is 6.05. The van der Waals surface area contributed by atoms with Crippen LogP contribution in [0.1, 0.15) is 9.67 Å². The van der Waals surface area contributed by atoms with E-state index >= 15 is 0 Å². The minimum atomic E-state index is 0.0811. The van der Waals surface area contributed by atoms with Gasteiger partial charge in [0.2, 0.25) is 0 Å². The second kappa shape index (κ2) is 7.50. The van der Waals surface area contributed by atoms with Crippen LogP contribution >= 0.6 is 39.0 Å². The van der Waals surface area contributed by atoms with Crippen molar-refractivity contribution >= 4 is 44.8 Å². The molecule has 0 aliphatic carbocycles. The highest BCUT2D eigenvalue weighted by molar-refractivity contribution is 9.11. The lowest BCUT2D eigenvalue weighted by molar-refractivity contribution is 0.102. The van der Waals surface area contributed by atoms with E-state index in [-0.39, 0.29) is 5.78 Å². The molecule has 2 aromatic heterocycles. The number of ketones is 1. The number of hydrogen-bond acceptors (Lipinski definition) is 6. The van der Waals surface area contributed by atoms with Gasteiger partial charge in [0.1, 0.15) is 5.75 Å². The zero-order valence-corrected chi connectivity index (χ0v) is 16.2. The fourth-order valence-electron chi connectivity index (χ4n) is 2.17. The molecule has 124 valence electrons. The molecule has 0 N–H and O–H groups in total. The third kappa shape index (κ3) is 3.55. The lowest BCUT2D eigenvalue weighted by Crippen LogP contribution is -2.02. The molecule has 24 heavy (non-hydrogen) atoms. The number of Topliss-reactive ketones (excluding diaryl/α,β-unsaturated/α-hetero) is 1. The van der Waals surface area contributed by atoms with Gasteiger partial charge in [0, 0.05) is 7.05 Å². The number of ether oxygens (including phenoxy) is 1. The lowest BCUT2D eigenvalue weighted by Gasteiger charge is -2.07. The van der Waals surface area contributed by atoms with Gasteiger partial charge in [-0.1, -0.05) is 23.9 Å². The molecule has 3 aromatic rings. The molecule has 2 heterocycles. The Balaban J connectivity index is 1.77. The fourth-order valence-corrected chi connectivity index (χ4v) is 4.38. The lowest BCUT2D eigenvalue weighted by atomic mass is 10.2. The zero-order chi connectivity index (χ0) is 17.1. The molecule has 0 unspecified atom stereocenters. The number of halogens is 1. The van der Waals surface area contributed by atoms with Crippen LogP contribution in [-0.4, -0.2) is 33.4 Å². The van der Waals surface area contributed by atoms with E-state index in [1.165, 1.54) is 23.1 Å². The number of aromatic nitrogens is 3. The van der Waals surface area contributed by atoms with Crippen LogP contribution in [-0.2, 0) is 7.05 Å². The van der Waals surface area contributed by atoms with Crippen LogP contribution in [0.2, 0.25) is 0 Å². The SMILES string of the molecule is COc1ccccc1-c1nnc(SCC(=O)c2ccc(Br)s2)n1C. The number of thiophene rings is 1. The van der Waals surface area contributed by atoms with Gasteiger partial charge in [0.15, 0.2) is 16.8 Å². The van der Waals surface area contributed by atoms with E-state index in [2.05, 4.69) is 26.1 Å². The fraction of sp³-hybridized carbons (Fsp3) is 0.188. The Labute approximate surface area is 156 Å². The maximum Gasteiger partial charge on any atom is 0.191 e. The number of carbonyl (C=O) groups excluding carboxylic acids is 1. The van der Waals surface area contributed by atoms with E-state index in [9.17, 15) is 4.79 Å². The van der Waals surface area contributed by atoms with E-state index in [0.29, 0.717) is 16.7 Å². The minimum absolute atomic E-state index is 0.0811. The molecule has 3 rings (SSSR count). The third-order valence-electron chi connectivity index (χ3n) is 3.36. The van der Waals surface area contributed by atoms with Crippen molar-refractivity contribution in [2.75, 3.05) is 12.9 Å². The molecule has 5 nitrogen and oxygen atoms in total. The van der Waals surface area contributed by atoms with Crippen LogP contribution in [0.5, 0.6) is 5.75 Å². The van der Waals surface area contributed by atoms with Crippen molar-refractivity contribution in [3.63, 3.8) is 0 Å². The molecular weight excluding hydrogens is 410 g/mol. The predicted octanol–water partition coefficient (Wildman–Crippen LogP) is 4.29. The van der Waals surface area contributed by atoms with Crippen LogP contribution in [0.4, 0.5) is 0 Å². The van der Waals surface area contributed by atoms with E-state index in [0.717, 1.165) is 20.0 Å². The number of hydrogen-bond donors (Lipinski definition) is 0. The van der Waals surface area contributed by atoms with Crippen LogP contribution in [0.3, 0.4) is 0 Å². The maximum absolute atomic E-state index is 12.2. The highest BCUT2D eigenvalue weighted by Crippen LogP contribution is 2.30. The summed E-state index contributed by atoms with van der Waals surface area (Å²) in [5.41, 5.74) is 0.871. The summed E-state index contributed by atoms with van der Waals surface area (Å²) in [4.78, 5) is 12.9. The summed E-state index contributed by atoms with van der Waals surface area (Å²) in [6, 6.07) is 11.4. The van der Waals surface area contributed by atoms with Crippen LogP contribution in [0.25, 0.3) is 11.4 Å². The molecule has 0 saturated heterocycles. The van der Waals surface area contributed by atoms with Crippen molar-refractivity contribution in [3.8, 4) is 17.1 Å². The maximum atomic E-state index is 12.2. The smallest absolute Gasteiger partial charge is 0.191 e. The quantitative estimate of drug-likeness (QED) is 0.437. The molecule has 0 bridgehead atoms. The summed E-state index contributed by atoms with van der Waals surface area (Å²) in [5, 5.41) is 9.14. The molecule has 0 spiro atoms. The number of thioether (sulfide) groups is 1. The van der Waals surface area contributed by atoms with E-state index < -0.39 is 0 Å². The Morgan fingerprint density at radius 2 is 2.08 bits per heavy atom. The normalized spacial score (nSPS) is 10.8. The Hall–Kier alpha value is -1.64. The summed E-state index contributed by atoms with van der Waals surface area (Å²) in [7, 11) is 3.51. The van der Waals surface area contributed by atoms with Gasteiger partial charge in [-0.3, -0.25) is 4.79 Å². The Morgan fingerprint density at radius 3 is 2.79 bits per heavy atom. The molecule has 0 atom stereocenters. The summed E-state index contributed by atoms with van der Waals surface area (Å²) in [6.07, 6.45) is 0. The Bertz CT molecular complexity index is 876. The number of para-hydroxylation sites is 1. The number of carbonyl (C=O) groups is 1. The van der Waals surface area contributed by atoms with Crippen molar-refractivity contribution in [2.24, 2.45) is 7.05 Å². The van der Waals surface area contributed by atoms with Gasteiger partial charge in [0.05, 0.1) is 27.1 Å². The van der Waals surface area contributed by atoms with Crippen molar-refractivity contribution in [2.45, 2.75) is 5.16 Å². The highest BCUT2D eigenvalue weighted by atomic mass is 79.9. The van der Waals surface area contributed by atoms with Crippen molar-refractivity contribution < 1.29 is 9.53 Å². The molecule has 1 aromatic carbocycles. The molecule has 0 aliphatic heterocycles. The summed E-state index contributed by atoms with van der Waals surface area (Å²) >= 11 is 6.19. The Morgan fingerprint density at radius 1 is 1.29 bits per heavy atom. The first-order valence-electron chi connectivity index (χ1n) is 7.04. The number of benzene rings is 1. The average molecular weight is 424 g/mol. The zero-order valence-electron chi connectivity index (χ0n) is 13.0.